The molecule has 0 saturated heterocycles. The van der Waals surface area contributed by atoms with E-state index in [-0.39, 0.29) is 17.9 Å². The molecule has 0 atom stereocenters. The first-order chi connectivity index (χ1) is 10.9. The minimum absolute atomic E-state index is 0.0872. The number of carbonyl (C=O) groups excluding carboxylic acids is 2. The molecule has 0 fully saturated rings. The molecule has 0 bridgehead atoms. The molecule has 6 nitrogen and oxygen atoms in total. The van der Waals surface area contributed by atoms with Crippen LogP contribution in [0.25, 0.3) is 0 Å². The van der Waals surface area contributed by atoms with E-state index in [4.69, 9.17) is 4.74 Å². The van der Waals surface area contributed by atoms with Crippen LogP contribution in [0, 0.1) is 0 Å². The Morgan fingerprint density at radius 2 is 1.70 bits per heavy atom. The van der Waals surface area contributed by atoms with Crippen LogP contribution >= 0.6 is 0 Å². The van der Waals surface area contributed by atoms with Gasteiger partial charge in [-0.15, -0.1) is 0 Å². The molecule has 0 radical (unpaired) electrons. The molecule has 8 heteroatoms. The van der Waals surface area contributed by atoms with Crippen LogP contribution in [0.3, 0.4) is 0 Å². The molecular formula is C15H11FO6S. The Balaban J connectivity index is 2.06. The van der Waals surface area contributed by atoms with E-state index in [1.165, 1.54) is 42.5 Å². The number of hydrogen-bond donors (Lipinski definition) is 0. The molecule has 2 aromatic carbocycles. The lowest BCUT2D eigenvalue weighted by Gasteiger charge is -2.09. The Kier molecular flexibility index (Phi) is 5.07. The molecule has 2 rings (SSSR count). The zero-order valence-electron chi connectivity index (χ0n) is 11.6. The summed E-state index contributed by atoms with van der Waals surface area (Å²) < 4.78 is 42.6. The Morgan fingerprint density at radius 3 is 2.26 bits per heavy atom. The van der Waals surface area contributed by atoms with Gasteiger partial charge in [-0.25, -0.2) is 0 Å². The predicted molar refractivity (Wildman–Crippen MR) is 78.6 cm³/mol. The molecular weight excluding hydrogens is 327 g/mol. The summed E-state index contributed by atoms with van der Waals surface area (Å²) in [7, 11) is -5.06. The standard InChI is InChI=1S/C15H11FO6S/c16-23(19,20)22-14-4-1-11(2-5-14)10-21-15-6-3-12(8-17)7-13(15)9-18/h1-9H,10H2. The quantitative estimate of drug-likeness (QED) is 0.569. The monoisotopic (exact) mass is 338 g/mol. The van der Waals surface area contributed by atoms with Crippen LogP contribution in [0.15, 0.2) is 42.5 Å². The van der Waals surface area contributed by atoms with E-state index in [1.54, 1.807) is 0 Å². The van der Waals surface area contributed by atoms with Crippen molar-refractivity contribution in [3.05, 3.63) is 59.2 Å². The van der Waals surface area contributed by atoms with Crippen LogP contribution in [-0.2, 0) is 17.1 Å². The van der Waals surface area contributed by atoms with Crippen molar-refractivity contribution in [1.82, 2.24) is 0 Å². The minimum Gasteiger partial charge on any atom is -0.488 e. The highest BCUT2D eigenvalue weighted by molar-refractivity contribution is 7.81. The summed E-state index contributed by atoms with van der Waals surface area (Å²) in [6.07, 6.45) is 1.19. The van der Waals surface area contributed by atoms with Gasteiger partial charge in [-0.2, -0.15) is 8.42 Å². The lowest BCUT2D eigenvalue weighted by molar-refractivity contribution is 0.111. The van der Waals surface area contributed by atoms with Crippen molar-refractivity contribution in [2.45, 2.75) is 6.61 Å². The van der Waals surface area contributed by atoms with E-state index in [0.29, 0.717) is 29.4 Å². The molecule has 2 aromatic rings. The second-order valence-corrected chi connectivity index (χ2v) is 5.39. The van der Waals surface area contributed by atoms with Crippen molar-refractivity contribution in [1.29, 1.82) is 0 Å². The zero-order chi connectivity index (χ0) is 16.9. The summed E-state index contributed by atoms with van der Waals surface area (Å²) in [5, 5.41) is 0. The van der Waals surface area contributed by atoms with Gasteiger partial charge in [-0.3, -0.25) is 9.59 Å². The van der Waals surface area contributed by atoms with E-state index in [0.717, 1.165) is 0 Å². The van der Waals surface area contributed by atoms with Crippen molar-refractivity contribution in [3.63, 3.8) is 0 Å². The van der Waals surface area contributed by atoms with Crippen molar-refractivity contribution in [3.8, 4) is 11.5 Å². The van der Waals surface area contributed by atoms with Gasteiger partial charge in [-0.05, 0) is 35.9 Å². The van der Waals surface area contributed by atoms with E-state index < -0.39 is 10.5 Å². The van der Waals surface area contributed by atoms with Gasteiger partial charge in [0.1, 0.15) is 24.4 Å². The van der Waals surface area contributed by atoms with Crippen LogP contribution in [0.1, 0.15) is 26.3 Å². The highest BCUT2D eigenvalue weighted by atomic mass is 32.3. The molecule has 0 unspecified atom stereocenters. The van der Waals surface area contributed by atoms with Crippen LogP contribution in [0.4, 0.5) is 3.89 Å². The number of halogens is 1. The predicted octanol–water partition coefficient (Wildman–Crippen LogP) is 2.48. The Labute approximate surface area is 131 Å². The number of benzene rings is 2. The normalized spacial score (nSPS) is 10.8. The number of carbonyl (C=O) groups is 2. The Hall–Kier alpha value is -2.74. The van der Waals surface area contributed by atoms with Gasteiger partial charge in [0.05, 0.1) is 5.56 Å². The highest BCUT2D eigenvalue weighted by Gasteiger charge is 2.09. The van der Waals surface area contributed by atoms with Crippen LogP contribution in [0.5, 0.6) is 11.5 Å². The molecule has 0 heterocycles. The van der Waals surface area contributed by atoms with E-state index in [2.05, 4.69) is 4.18 Å². The average molecular weight is 338 g/mol. The lowest BCUT2D eigenvalue weighted by atomic mass is 10.1. The van der Waals surface area contributed by atoms with Crippen LogP contribution in [0.2, 0.25) is 0 Å². The smallest absolute Gasteiger partial charge is 0.488 e. The third kappa shape index (κ3) is 4.89. The van der Waals surface area contributed by atoms with E-state index in [9.17, 15) is 21.9 Å². The molecule has 0 amide bonds. The van der Waals surface area contributed by atoms with E-state index >= 15 is 0 Å². The van der Waals surface area contributed by atoms with Crippen LogP contribution < -0.4 is 8.92 Å². The molecule has 0 aliphatic carbocycles. The van der Waals surface area contributed by atoms with Crippen molar-refractivity contribution in [2.75, 3.05) is 0 Å². The maximum Gasteiger partial charge on any atom is 0.488 e. The number of rotatable bonds is 7. The average Bonchev–Trinajstić information content (AvgIpc) is 2.52. The molecule has 0 saturated carbocycles. The van der Waals surface area contributed by atoms with Gasteiger partial charge in [-0.1, -0.05) is 16.0 Å². The molecule has 0 spiro atoms. The summed E-state index contributed by atoms with van der Waals surface area (Å²) >= 11 is 0. The first kappa shape index (κ1) is 16.6. The van der Waals surface area contributed by atoms with Crippen molar-refractivity contribution >= 4 is 23.1 Å². The third-order valence-electron chi connectivity index (χ3n) is 2.81. The molecule has 23 heavy (non-hydrogen) atoms. The zero-order valence-corrected chi connectivity index (χ0v) is 12.5. The fraction of sp³-hybridized carbons (Fsp3) is 0.0667. The number of ether oxygens (including phenoxy) is 1. The molecule has 0 aromatic heterocycles. The summed E-state index contributed by atoms with van der Waals surface area (Å²) in [5.41, 5.74) is 1.23. The summed E-state index contributed by atoms with van der Waals surface area (Å²) in [4.78, 5) is 21.6. The van der Waals surface area contributed by atoms with Gasteiger partial charge >= 0.3 is 10.5 Å². The summed E-state index contributed by atoms with van der Waals surface area (Å²) in [5.74, 6) is 0.137. The van der Waals surface area contributed by atoms with Crippen LogP contribution in [-0.4, -0.2) is 21.0 Å². The Morgan fingerprint density at radius 1 is 1.00 bits per heavy atom. The summed E-state index contributed by atoms with van der Waals surface area (Å²) in [6, 6.07) is 9.93. The third-order valence-corrected chi connectivity index (χ3v) is 3.20. The Bertz CT molecular complexity index is 814. The van der Waals surface area contributed by atoms with Crippen molar-refractivity contribution < 1.29 is 30.8 Å². The molecule has 0 aliphatic rings. The number of aldehydes is 2. The van der Waals surface area contributed by atoms with Gasteiger partial charge in [0.25, 0.3) is 0 Å². The SMILES string of the molecule is O=Cc1ccc(OCc2ccc(OS(=O)(=O)F)cc2)c(C=O)c1. The lowest BCUT2D eigenvalue weighted by Crippen LogP contribution is -2.02. The first-order valence-electron chi connectivity index (χ1n) is 6.31. The molecule has 120 valence electrons. The second kappa shape index (κ2) is 7.01. The molecule has 0 N–H and O–H groups in total. The largest absolute Gasteiger partial charge is 0.488 e. The fourth-order valence-corrected chi connectivity index (χ4v) is 2.12. The topological polar surface area (TPSA) is 86.7 Å². The summed E-state index contributed by atoms with van der Waals surface area (Å²) in [6.45, 7) is 0.0872. The highest BCUT2D eigenvalue weighted by Crippen LogP contribution is 2.20. The van der Waals surface area contributed by atoms with Crippen molar-refractivity contribution in [2.24, 2.45) is 0 Å². The second-order valence-electron chi connectivity index (χ2n) is 4.44. The maximum absolute atomic E-state index is 12.4. The van der Waals surface area contributed by atoms with E-state index in [1.807, 2.05) is 0 Å². The van der Waals surface area contributed by atoms with Gasteiger partial charge in [0, 0.05) is 5.56 Å². The van der Waals surface area contributed by atoms with Gasteiger partial charge in [0.2, 0.25) is 0 Å². The van der Waals surface area contributed by atoms with Gasteiger partial charge < -0.3 is 8.92 Å². The van der Waals surface area contributed by atoms with Gasteiger partial charge in [0.15, 0.2) is 6.29 Å². The minimum atomic E-state index is -5.06. The molecule has 0 aliphatic heterocycles. The fourth-order valence-electron chi connectivity index (χ4n) is 1.78. The first-order valence-corrected chi connectivity index (χ1v) is 7.62. The number of hydrogen-bond acceptors (Lipinski definition) is 6. The maximum atomic E-state index is 12.4.